The third-order valence-corrected chi connectivity index (χ3v) is 4.04. The predicted octanol–water partition coefficient (Wildman–Crippen LogP) is 3.03. The van der Waals surface area contributed by atoms with Crippen molar-refractivity contribution in [2.45, 2.75) is 19.0 Å². The molecule has 0 bridgehead atoms. The Morgan fingerprint density at radius 3 is 2.50 bits per heavy atom. The minimum absolute atomic E-state index is 0.147. The molecule has 0 amide bonds. The summed E-state index contributed by atoms with van der Waals surface area (Å²) in [7, 11) is 1.31. The number of esters is 1. The van der Waals surface area contributed by atoms with Crippen LogP contribution in [-0.4, -0.2) is 47.4 Å². The molecule has 0 aliphatic rings. The molecule has 0 saturated carbocycles. The average Bonchev–Trinajstić information content (AvgIpc) is 2.55. The molecular weight excluding hydrogens is 324 g/mol. The van der Waals surface area contributed by atoms with E-state index in [9.17, 15) is 4.79 Å². The summed E-state index contributed by atoms with van der Waals surface area (Å²) in [6, 6.07) is 1.47. The molecule has 118 valence electrons. The third-order valence-electron chi connectivity index (χ3n) is 3.21. The van der Waals surface area contributed by atoms with Crippen LogP contribution in [-0.2, 0) is 4.74 Å². The number of hydrogen-bond acceptors (Lipinski definition) is 7. The Kier molecular flexibility index (Phi) is 5.42. The van der Waals surface area contributed by atoms with E-state index in [1.165, 1.54) is 24.9 Å². The quantitative estimate of drug-likeness (QED) is 0.470. The lowest BCUT2D eigenvalue weighted by atomic mass is 10.2. The fraction of sp³-hybridized carbons (Fsp3) is 0.429. The molecule has 2 aromatic rings. The number of fused-ring (bicyclic) bond motifs is 1. The molecule has 0 aliphatic heterocycles. The van der Waals surface area contributed by atoms with E-state index in [2.05, 4.69) is 15.0 Å². The lowest BCUT2D eigenvalue weighted by molar-refractivity contribution is 0.0594. The van der Waals surface area contributed by atoms with Crippen molar-refractivity contribution < 1.29 is 9.53 Å². The molecule has 0 atom stereocenters. The van der Waals surface area contributed by atoms with Gasteiger partial charge in [-0.05, 0) is 26.2 Å². The molecule has 6 nitrogen and oxygen atoms in total. The van der Waals surface area contributed by atoms with Gasteiger partial charge in [0.15, 0.2) is 16.7 Å². The first kappa shape index (κ1) is 16.8. The minimum Gasteiger partial charge on any atom is -0.464 e. The van der Waals surface area contributed by atoms with E-state index in [4.69, 9.17) is 16.3 Å². The van der Waals surface area contributed by atoms with E-state index < -0.39 is 5.97 Å². The molecule has 0 aromatic carbocycles. The summed E-state index contributed by atoms with van der Waals surface area (Å²) in [5, 5.41) is 0.973. The van der Waals surface area contributed by atoms with E-state index in [1.807, 2.05) is 25.0 Å². The second-order valence-corrected chi connectivity index (χ2v) is 5.56. The molecular formula is C14H17ClN4O2S. The van der Waals surface area contributed by atoms with Crippen LogP contribution in [0.25, 0.3) is 11.0 Å². The van der Waals surface area contributed by atoms with Gasteiger partial charge in [0.2, 0.25) is 0 Å². The number of aromatic nitrogens is 3. The molecule has 0 aliphatic carbocycles. The van der Waals surface area contributed by atoms with Crippen LogP contribution in [0.5, 0.6) is 0 Å². The number of methoxy groups -OCH3 is 1. The van der Waals surface area contributed by atoms with E-state index in [0.717, 1.165) is 13.1 Å². The molecule has 0 fully saturated rings. The number of halogens is 1. The molecule has 8 heteroatoms. The van der Waals surface area contributed by atoms with Crippen LogP contribution in [0.2, 0.25) is 5.02 Å². The molecule has 2 rings (SSSR count). The molecule has 2 aromatic heterocycles. The first-order valence-electron chi connectivity index (χ1n) is 6.81. The van der Waals surface area contributed by atoms with E-state index in [1.54, 1.807) is 0 Å². The molecule has 2 heterocycles. The standard InChI is InChI=1S/C14H17ClN4O2S/c1-5-19(6-2)12-11-10(17-14(18-12)22-4)8(15)7-9(16-11)13(20)21-3/h7H,5-6H2,1-4H3. The van der Waals surface area contributed by atoms with Crippen molar-refractivity contribution in [2.24, 2.45) is 0 Å². The molecule has 0 saturated heterocycles. The fourth-order valence-electron chi connectivity index (χ4n) is 2.08. The van der Waals surface area contributed by atoms with Crippen LogP contribution in [0.3, 0.4) is 0 Å². The smallest absolute Gasteiger partial charge is 0.356 e. The largest absolute Gasteiger partial charge is 0.464 e. The van der Waals surface area contributed by atoms with Gasteiger partial charge in [0.25, 0.3) is 0 Å². The van der Waals surface area contributed by atoms with Gasteiger partial charge in [-0.1, -0.05) is 23.4 Å². The zero-order chi connectivity index (χ0) is 16.3. The Hall–Kier alpha value is -1.60. The molecule has 0 N–H and O–H groups in total. The van der Waals surface area contributed by atoms with Crippen LogP contribution in [0, 0.1) is 0 Å². The van der Waals surface area contributed by atoms with Crippen LogP contribution >= 0.6 is 23.4 Å². The van der Waals surface area contributed by atoms with Gasteiger partial charge in [-0.3, -0.25) is 0 Å². The fourth-order valence-corrected chi connectivity index (χ4v) is 2.67. The van der Waals surface area contributed by atoms with Crippen LogP contribution in [0.15, 0.2) is 11.2 Å². The Balaban J connectivity index is 2.79. The number of hydrogen-bond donors (Lipinski definition) is 0. The lowest BCUT2D eigenvalue weighted by Crippen LogP contribution is -2.24. The Bertz CT molecular complexity index is 707. The second-order valence-electron chi connectivity index (χ2n) is 4.38. The van der Waals surface area contributed by atoms with Gasteiger partial charge in [-0.15, -0.1) is 0 Å². The lowest BCUT2D eigenvalue weighted by Gasteiger charge is -2.21. The summed E-state index contributed by atoms with van der Waals surface area (Å²) in [5.74, 6) is 0.134. The number of nitrogens with zero attached hydrogens (tertiary/aromatic N) is 4. The van der Waals surface area contributed by atoms with Crippen molar-refractivity contribution in [3.63, 3.8) is 0 Å². The molecule has 22 heavy (non-hydrogen) atoms. The van der Waals surface area contributed by atoms with Crippen LogP contribution in [0.1, 0.15) is 24.3 Å². The number of rotatable bonds is 5. The first-order chi connectivity index (χ1) is 10.5. The van der Waals surface area contributed by atoms with E-state index in [-0.39, 0.29) is 5.69 Å². The van der Waals surface area contributed by atoms with Crippen LogP contribution in [0.4, 0.5) is 5.82 Å². The van der Waals surface area contributed by atoms with Crippen molar-refractivity contribution >= 4 is 46.2 Å². The SMILES string of the molecule is CCN(CC)c1nc(SC)nc2c(Cl)cc(C(=O)OC)nc12. The summed E-state index contributed by atoms with van der Waals surface area (Å²) < 4.78 is 4.72. The zero-order valence-electron chi connectivity index (χ0n) is 12.9. The second kappa shape index (κ2) is 7.11. The minimum atomic E-state index is -0.539. The number of pyridine rings is 1. The van der Waals surface area contributed by atoms with Crippen molar-refractivity contribution in [2.75, 3.05) is 31.4 Å². The molecule has 0 spiro atoms. The highest BCUT2D eigenvalue weighted by molar-refractivity contribution is 7.98. The summed E-state index contributed by atoms with van der Waals surface area (Å²) >= 11 is 7.72. The predicted molar refractivity (Wildman–Crippen MR) is 89.0 cm³/mol. The maximum Gasteiger partial charge on any atom is 0.356 e. The third kappa shape index (κ3) is 3.10. The normalized spacial score (nSPS) is 10.8. The van der Waals surface area contributed by atoms with Crippen molar-refractivity contribution in [3.05, 3.63) is 16.8 Å². The summed E-state index contributed by atoms with van der Waals surface area (Å²) in [5.41, 5.74) is 1.19. The first-order valence-corrected chi connectivity index (χ1v) is 8.41. The number of anilines is 1. The van der Waals surface area contributed by atoms with Crippen molar-refractivity contribution in [3.8, 4) is 0 Å². The number of thioether (sulfide) groups is 1. The van der Waals surface area contributed by atoms with Crippen LogP contribution < -0.4 is 4.90 Å². The monoisotopic (exact) mass is 340 g/mol. The summed E-state index contributed by atoms with van der Waals surface area (Å²) in [6.07, 6.45) is 1.90. The zero-order valence-corrected chi connectivity index (χ0v) is 14.5. The topological polar surface area (TPSA) is 68.2 Å². The summed E-state index contributed by atoms with van der Waals surface area (Å²) in [4.78, 5) is 27.1. The van der Waals surface area contributed by atoms with E-state index >= 15 is 0 Å². The van der Waals surface area contributed by atoms with Gasteiger partial charge in [0.1, 0.15) is 11.0 Å². The highest BCUT2D eigenvalue weighted by Crippen LogP contribution is 2.30. The Morgan fingerprint density at radius 2 is 1.95 bits per heavy atom. The van der Waals surface area contributed by atoms with Gasteiger partial charge in [0, 0.05) is 13.1 Å². The number of ether oxygens (including phenoxy) is 1. The van der Waals surface area contributed by atoms with E-state index in [0.29, 0.717) is 27.0 Å². The maximum absolute atomic E-state index is 11.8. The molecule has 0 radical (unpaired) electrons. The van der Waals surface area contributed by atoms with Gasteiger partial charge in [0.05, 0.1) is 12.1 Å². The molecule has 0 unspecified atom stereocenters. The van der Waals surface area contributed by atoms with Gasteiger partial charge >= 0.3 is 5.97 Å². The summed E-state index contributed by atoms with van der Waals surface area (Å²) in [6.45, 7) is 5.58. The maximum atomic E-state index is 11.8. The highest BCUT2D eigenvalue weighted by atomic mass is 35.5. The highest BCUT2D eigenvalue weighted by Gasteiger charge is 2.19. The number of carbonyl (C=O) groups excluding carboxylic acids is 1. The average molecular weight is 341 g/mol. The Labute approximate surface area is 138 Å². The van der Waals surface area contributed by atoms with Gasteiger partial charge < -0.3 is 9.64 Å². The Morgan fingerprint density at radius 1 is 1.27 bits per heavy atom. The van der Waals surface area contributed by atoms with Gasteiger partial charge in [-0.25, -0.2) is 19.7 Å². The van der Waals surface area contributed by atoms with Gasteiger partial charge in [-0.2, -0.15) is 0 Å². The van der Waals surface area contributed by atoms with Crippen molar-refractivity contribution in [1.29, 1.82) is 0 Å². The van der Waals surface area contributed by atoms with Crippen molar-refractivity contribution in [1.82, 2.24) is 15.0 Å². The number of carbonyl (C=O) groups is 1.